The minimum absolute atomic E-state index is 0.235. The highest BCUT2D eigenvalue weighted by Crippen LogP contribution is 2.37. The zero-order valence-electron chi connectivity index (χ0n) is 16.6. The highest BCUT2D eigenvalue weighted by molar-refractivity contribution is 8.00. The molecule has 0 N–H and O–H groups in total. The molecule has 2 heterocycles. The monoisotopic (exact) mass is 395 g/mol. The molecular formula is C23H29N3OS. The van der Waals surface area contributed by atoms with E-state index in [4.69, 9.17) is 0 Å². The maximum atomic E-state index is 13.1. The number of carbonyl (C=O) groups excluding carboxylic acids is 1. The van der Waals surface area contributed by atoms with Crippen LogP contribution >= 0.6 is 11.8 Å². The van der Waals surface area contributed by atoms with Crippen LogP contribution in [0.3, 0.4) is 0 Å². The lowest BCUT2D eigenvalue weighted by Gasteiger charge is -2.35. The van der Waals surface area contributed by atoms with Crippen molar-refractivity contribution in [2.75, 3.05) is 44.2 Å². The molecule has 5 heteroatoms. The van der Waals surface area contributed by atoms with Crippen molar-refractivity contribution < 1.29 is 4.79 Å². The van der Waals surface area contributed by atoms with E-state index < -0.39 is 0 Å². The number of carbonyl (C=O) groups is 1. The van der Waals surface area contributed by atoms with Gasteiger partial charge in [0, 0.05) is 49.4 Å². The quantitative estimate of drug-likeness (QED) is 0.788. The first kappa shape index (κ1) is 19.5. The molecule has 1 saturated heterocycles. The number of thioether (sulfide) groups is 1. The second-order valence-corrected chi connectivity index (χ2v) is 9.25. The largest absolute Gasteiger partial charge is 0.310 e. The fourth-order valence-electron chi connectivity index (χ4n) is 3.97. The van der Waals surface area contributed by atoms with Gasteiger partial charge in [0.25, 0.3) is 0 Å². The van der Waals surface area contributed by atoms with Crippen LogP contribution in [0.15, 0.2) is 59.5 Å². The fourth-order valence-corrected chi connectivity index (χ4v) is 5.08. The molecular weight excluding hydrogens is 366 g/mol. The third-order valence-corrected chi connectivity index (χ3v) is 6.85. The van der Waals surface area contributed by atoms with E-state index in [1.165, 1.54) is 10.5 Å². The molecule has 1 fully saturated rings. The summed E-state index contributed by atoms with van der Waals surface area (Å²) >= 11 is 1.89. The topological polar surface area (TPSA) is 26.8 Å². The smallest absolute Gasteiger partial charge is 0.241 e. The molecule has 4 nitrogen and oxygen atoms in total. The Kier molecular flexibility index (Phi) is 6.35. The van der Waals surface area contributed by atoms with Crippen molar-refractivity contribution in [3.05, 3.63) is 60.2 Å². The molecule has 0 aromatic heterocycles. The van der Waals surface area contributed by atoms with Crippen molar-refractivity contribution in [2.45, 2.75) is 30.0 Å². The van der Waals surface area contributed by atoms with E-state index in [-0.39, 0.29) is 5.91 Å². The van der Waals surface area contributed by atoms with E-state index >= 15 is 0 Å². The lowest BCUT2D eigenvalue weighted by Crippen LogP contribution is -2.50. The first-order valence-corrected chi connectivity index (χ1v) is 11.1. The van der Waals surface area contributed by atoms with Gasteiger partial charge < -0.3 is 4.90 Å². The molecule has 148 valence electrons. The Balaban J connectivity index is 1.33. The van der Waals surface area contributed by atoms with Crippen LogP contribution in [0.5, 0.6) is 0 Å². The average Bonchev–Trinajstić information content (AvgIpc) is 2.88. The van der Waals surface area contributed by atoms with Crippen LogP contribution in [0.25, 0.3) is 0 Å². The summed E-state index contributed by atoms with van der Waals surface area (Å²) in [5.41, 5.74) is 2.45. The molecule has 1 amide bonds. The summed E-state index contributed by atoms with van der Waals surface area (Å²) in [5.74, 6) is 0.235. The van der Waals surface area contributed by atoms with Gasteiger partial charge in [-0.2, -0.15) is 0 Å². The van der Waals surface area contributed by atoms with Gasteiger partial charge in [0.05, 0.1) is 12.2 Å². The molecule has 0 spiro atoms. The highest BCUT2D eigenvalue weighted by Gasteiger charge is 2.26. The number of piperazine rings is 1. The van der Waals surface area contributed by atoms with Gasteiger partial charge in [0.2, 0.25) is 5.91 Å². The van der Waals surface area contributed by atoms with E-state index in [0.717, 1.165) is 51.4 Å². The van der Waals surface area contributed by atoms with Gasteiger partial charge in [-0.3, -0.25) is 14.6 Å². The van der Waals surface area contributed by atoms with Gasteiger partial charge in [0.1, 0.15) is 0 Å². The van der Waals surface area contributed by atoms with E-state index in [1.807, 2.05) is 22.7 Å². The van der Waals surface area contributed by atoms with E-state index in [0.29, 0.717) is 11.8 Å². The maximum Gasteiger partial charge on any atom is 0.241 e. The van der Waals surface area contributed by atoms with Crippen LogP contribution < -0.4 is 4.90 Å². The Morgan fingerprint density at radius 3 is 2.39 bits per heavy atom. The van der Waals surface area contributed by atoms with Crippen LogP contribution in [0.2, 0.25) is 0 Å². The third-order valence-electron chi connectivity index (χ3n) is 5.62. The van der Waals surface area contributed by atoms with Crippen molar-refractivity contribution >= 4 is 23.4 Å². The van der Waals surface area contributed by atoms with Gasteiger partial charge in [-0.25, -0.2) is 0 Å². The standard InChI is InChI=1S/C23H29N3OS/c1-19-11-12-26(21-9-5-6-10-22(21)28-19)23(27)18-25-15-13-24(14-16-25)17-20-7-3-2-4-8-20/h2-10,19H,11-18H2,1H3. The molecule has 0 saturated carbocycles. The number of fused-ring (bicyclic) bond motifs is 1. The Labute approximate surface area is 172 Å². The molecule has 0 bridgehead atoms. The minimum atomic E-state index is 0.235. The molecule has 28 heavy (non-hydrogen) atoms. The lowest BCUT2D eigenvalue weighted by atomic mass is 10.2. The minimum Gasteiger partial charge on any atom is -0.310 e. The van der Waals surface area contributed by atoms with Gasteiger partial charge in [-0.05, 0) is 24.1 Å². The number of para-hydroxylation sites is 1. The van der Waals surface area contributed by atoms with Crippen molar-refractivity contribution in [3.63, 3.8) is 0 Å². The first-order valence-electron chi connectivity index (χ1n) is 10.2. The second-order valence-electron chi connectivity index (χ2n) is 7.77. The summed E-state index contributed by atoms with van der Waals surface area (Å²) < 4.78 is 0. The summed E-state index contributed by atoms with van der Waals surface area (Å²) in [6, 6.07) is 19.0. The van der Waals surface area contributed by atoms with Crippen LogP contribution in [0.4, 0.5) is 5.69 Å². The van der Waals surface area contributed by atoms with Crippen molar-refractivity contribution in [3.8, 4) is 0 Å². The molecule has 1 unspecified atom stereocenters. The predicted molar refractivity (Wildman–Crippen MR) is 117 cm³/mol. The van der Waals surface area contributed by atoms with E-state index in [2.05, 4.69) is 65.3 Å². The van der Waals surface area contributed by atoms with Crippen molar-refractivity contribution in [1.29, 1.82) is 0 Å². The number of nitrogens with zero attached hydrogens (tertiary/aromatic N) is 3. The zero-order chi connectivity index (χ0) is 19.3. The number of amides is 1. The zero-order valence-corrected chi connectivity index (χ0v) is 17.4. The first-order chi connectivity index (χ1) is 13.7. The van der Waals surface area contributed by atoms with E-state index in [1.54, 1.807) is 0 Å². The molecule has 0 radical (unpaired) electrons. The molecule has 2 aliphatic heterocycles. The Morgan fingerprint density at radius 1 is 0.929 bits per heavy atom. The number of hydrogen-bond donors (Lipinski definition) is 0. The molecule has 4 rings (SSSR count). The summed E-state index contributed by atoms with van der Waals surface area (Å²) in [7, 11) is 0. The number of anilines is 1. The van der Waals surface area contributed by atoms with Crippen LogP contribution in [0.1, 0.15) is 18.9 Å². The van der Waals surface area contributed by atoms with Crippen molar-refractivity contribution in [1.82, 2.24) is 9.80 Å². The SMILES string of the molecule is CC1CCN(C(=O)CN2CCN(Cc3ccccc3)CC2)c2ccccc2S1. The Morgan fingerprint density at radius 2 is 1.61 bits per heavy atom. The lowest BCUT2D eigenvalue weighted by molar-refractivity contribution is -0.120. The summed E-state index contributed by atoms with van der Waals surface area (Å²) in [5, 5.41) is 0.542. The summed E-state index contributed by atoms with van der Waals surface area (Å²) in [6.07, 6.45) is 1.04. The molecule has 2 aromatic carbocycles. The van der Waals surface area contributed by atoms with Gasteiger partial charge in [-0.15, -0.1) is 11.8 Å². The summed E-state index contributed by atoms with van der Waals surface area (Å²) in [4.78, 5) is 21.2. The third kappa shape index (κ3) is 4.77. The highest BCUT2D eigenvalue weighted by atomic mass is 32.2. The van der Waals surface area contributed by atoms with Crippen molar-refractivity contribution in [2.24, 2.45) is 0 Å². The van der Waals surface area contributed by atoms with Crippen LogP contribution in [0, 0.1) is 0 Å². The Hall–Kier alpha value is -1.82. The molecule has 1 atom stereocenters. The fraction of sp³-hybridized carbons (Fsp3) is 0.435. The molecule has 2 aromatic rings. The molecule has 2 aliphatic rings. The Bertz CT molecular complexity index is 789. The molecule has 0 aliphatic carbocycles. The second kappa shape index (κ2) is 9.12. The van der Waals surface area contributed by atoms with Crippen LogP contribution in [-0.2, 0) is 11.3 Å². The number of hydrogen-bond acceptors (Lipinski definition) is 4. The predicted octanol–water partition coefficient (Wildman–Crippen LogP) is 3.72. The average molecular weight is 396 g/mol. The maximum absolute atomic E-state index is 13.1. The normalized spacial score (nSPS) is 21.2. The van der Waals surface area contributed by atoms with E-state index in [9.17, 15) is 4.79 Å². The van der Waals surface area contributed by atoms with Gasteiger partial charge in [0.15, 0.2) is 0 Å². The number of benzene rings is 2. The number of rotatable bonds is 4. The van der Waals surface area contributed by atoms with Gasteiger partial charge in [-0.1, -0.05) is 49.4 Å². The summed E-state index contributed by atoms with van der Waals surface area (Å²) in [6.45, 7) is 8.54. The van der Waals surface area contributed by atoms with Crippen LogP contribution in [-0.4, -0.2) is 60.2 Å². The van der Waals surface area contributed by atoms with Gasteiger partial charge >= 0.3 is 0 Å².